The number of carbonyl (C=O) groups is 1. The van der Waals surface area contributed by atoms with Gasteiger partial charge in [-0.15, -0.1) is 0 Å². The second-order valence-corrected chi connectivity index (χ2v) is 4.28. The summed E-state index contributed by atoms with van der Waals surface area (Å²) in [4.78, 5) is 10.7. The second kappa shape index (κ2) is 6.72. The molecule has 0 aliphatic heterocycles. The molecule has 6 heteroatoms. The van der Waals surface area contributed by atoms with Crippen LogP contribution in [0.1, 0.15) is 21.8 Å². The van der Waals surface area contributed by atoms with Crippen molar-refractivity contribution >= 4 is 5.97 Å². The van der Waals surface area contributed by atoms with Crippen LogP contribution in [0.15, 0.2) is 34.9 Å². The highest BCUT2D eigenvalue weighted by Crippen LogP contribution is 2.11. The van der Waals surface area contributed by atoms with Gasteiger partial charge in [0.1, 0.15) is 18.1 Å². The monoisotopic (exact) mass is 276 g/mol. The molecule has 6 nitrogen and oxygen atoms in total. The van der Waals surface area contributed by atoms with Gasteiger partial charge in [-0.25, -0.2) is 4.79 Å². The number of nitrogens with one attached hydrogen (secondary N) is 1. The number of aromatic carboxylic acids is 1. The van der Waals surface area contributed by atoms with Gasteiger partial charge in [0, 0.05) is 19.2 Å². The number of carboxylic acids is 1. The third kappa shape index (κ3) is 4.10. The summed E-state index contributed by atoms with van der Waals surface area (Å²) in [5.41, 5.74) is 1.10. The summed E-state index contributed by atoms with van der Waals surface area (Å²) in [5, 5.41) is 15.8. The first kappa shape index (κ1) is 14.1. The van der Waals surface area contributed by atoms with Crippen molar-refractivity contribution in [2.75, 3.05) is 13.2 Å². The van der Waals surface area contributed by atoms with Gasteiger partial charge < -0.3 is 19.7 Å². The van der Waals surface area contributed by atoms with Crippen LogP contribution in [-0.2, 0) is 6.54 Å². The molecule has 0 saturated heterocycles. The summed E-state index contributed by atoms with van der Waals surface area (Å²) in [6.45, 7) is 3.62. The van der Waals surface area contributed by atoms with Crippen LogP contribution in [0.3, 0.4) is 0 Å². The van der Waals surface area contributed by atoms with Gasteiger partial charge in [-0.3, -0.25) is 0 Å². The van der Waals surface area contributed by atoms with Crippen LogP contribution in [0.5, 0.6) is 5.75 Å². The van der Waals surface area contributed by atoms with E-state index in [1.54, 1.807) is 12.1 Å². The van der Waals surface area contributed by atoms with E-state index in [0.29, 0.717) is 25.4 Å². The zero-order valence-electron chi connectivity index (χ0n) is 11.1. The fraction of sp³-hybridized carbons (Fsp3) is 0.286. The summed E-state index contributed by atoms with van der Waals surface area (Å²) >= 11 is 0. The van der Waals surface area contributed by atoms with Crippen molar-refractivity contribution in [2.24, 2.45) is 0 Å². The highest BCUT2D eigenvalue weighted by Gasteiger charge is 2.02. The fourth-order valence-electron chi connectivity index (χ4n) is 1.65. The largest absolute Gasteiger partial charge is 0.492 e. The van der Waals surface area contributed by atoms with Crippen molar-refractivity contribution in [3.05, 3.63) is 47.3 Å². The lowest BCUT2D eigenvalue weighted by molar-refractivity contribution is 0.0697. The van der Waals surface area contributed by atoms with Gasteiger partial charge in [-0.1, -0.05) is 5.16 Å². The Morgan fingerprint density at radius 2 is 2.15 bits per heavy atom. The predicted octanol–water partition coefficient (Wildman–Crippen LogP) is 1.85. The summed E-state index contributed by atoms with van der Waals surface area (Å²) < 4.78 is 10.4. The Morgan fingerprint density at radius 1 is 1.40 bits per heavy atom. The zero-order valence-corrected chi connectivity index (χ0v) is 11.1. The fourth-order valence-corrected chi connectivity index (χ4v) is 1.65. The number of benzene rings is 1. The number of carboxylic acid groups (broad SMARTS) is 1. The van der Waals surface area contributed by atoms with Crippen molar-refractivity contribution < 1.29 is 19.2 Å². The smallest absolute Gasteiger partial charge is 0.335 e. The average molecular weight is 276 g/mol. The second-order valence-electron chi connectivity index (χ2n) is 4.28. The van der Waals surface area contributed by atoms with Crippen LogP contribution >= 0.6 is 0 Å². The number of aryl methyl sites for hydroxylation is 1. The minimum atomic E-state index is -0.943. The van der Waals surface area contributed by atoms with E-state index in [9.17, 15) is 4.79 Å². The van der Waals surface area contributed by atoms with Crippen molar-refractivity contribution in [1.29, 1.82) is 0 Å². The van der Waals surface area contributed by atoms with E-state index in [-0.39, 0.29) is 5.56 Å². The predicted molar refractivity (Wildman–Crippen MR) is 71.8 cm³/mol. The number of ether oxygens (including phenoxy) is 1. The molecule has 0 bridgehead atoms. The molecule has 0 fully saturated rings. The van der Waals surface area contributed by atoms with Crippen LogP contribution in [0.2, 0.25) is 0 Å². The first-order chi connectivity index (χ1) is 9.65. The number of rotatable bonds is 7. The third-order valence-electron chi connectivity index (χ3n) is 2.63. The van der Waals surface area contributed by atoms with Gasteiger partial charge in [-0.05, 0) is 31.2 Å². The molecule has 106 valence electrons. The SMILES string of the molecule is Cc1cc(CNCCOc2ccc(C(=O)O)cc2)no1. The average Bonchev–Trinajstić information content (AvgIpc) is 2.84. The molecule has 2 aromatic rings. The van der Waals surface area contributed by atoms with Crippen LogP contribution in [0.4, 0.5) is 0 Å². The van der Waals surface area contributed by atoms with Crippen molar-refractivity contribution in [2.45, 2.75) is 13.5 Å². The molecule has 0 radical (unpaired) electrons. The third-order valence-corrected chi connectivity index (χ3v) is 2.63. The van der Waals surface area contributed by atoms with E-state index in [1.807, 2.05) is 13.0 Å². The minimum Gasteiger partial charge on any atom is -0.492 e. The number of hydrogen-bond acceptors (Lipinski definition) is 5. The van der Waals surface area contributed by atoms with Gasteiger partial charge >= 0.3 is 5.97 Å². The molecule has 0 aliphatic rings. The highest BCUT2D eigenvalue weighted by atomic mass is 16.5. The molecular weight excluding hydrogens is 260 g/mol. The molecule has 0 spiro atoms. The van der Waals surface area contributed by atoms with Gasteiger partial charge in [-0.2, -0.15) is 0 Å². The Balaban J connectivity index is 1.66. The maximum atomic E-state index is 10.7. The number of nitrogens with zero attached hydrogens (tertiary/aromatic N) is 1. The van der Waals surface area contributed by atoms with Gasteiger partial charge in [0.15, 0.2) is 0 Å². The van der Waals surface area contributed by atoms with Crippen LogP contribution in [0.25, 0.3) is 0 Å². The van der Waals surface area contributed by atoms with Crippen LogP contribution in [0, 0.1) is 6.92 Å². The molecule has 0 saturated carbocycles. The van der Waals surface area contributed by atoms with E-state index in [0.717, 1.165) is 11.5 Å². The minimum absolute atomic E-state index is 0.247. The zero-order chi connectivity index (χ0) is 14.4. The Hall–Kier alpha value is -2.34. The Morgan fingerprint density at radius 3 is 2.75 bits per heavy atom. The summed E-state index contributed by atoms with van der Waals surface area (Å²) in [7, 11) is 0. The number of aromatic nitrogens is 1. The topological polar surface area (TPSA) is 84.6 Å². The molecule has 2 rings (SSSR count). The van der Waals surface area contributed by atoms with E-state index in [2.05, 4.69) is 10.5 Å². The molecule has 0 unspecified atom stereocenters. The lowest BCUT2D eigenvalue weighted by atomic mass is 10.2. The van der Waals surface area contributed by atoms with E-state index in [1.165, 1.54) is 12.1 Å². The lowest BCUT2D eigenvalue weighted by Crippen LogP contribution is -2.20. The maximum Gasteiger partial charge on any atom is 0.335 e. The summed E-state index contributed by atoms with van der Waals surface area (Å²) in [6.07, 6.45) is 0. The van der Waals surface area contributed by atoms with Gasteiger partial charge in [0.25, 0.3) is 0 Å². The molecule has 0 amide bonds. The first-order valence-corrected chi connectivity index (χ1v) is 6.24. The van der Waals surface area contributed by atoms with Crippen molar-refractivity contribution in [3.63, 3.8) is 0 Å². The van der Waals surface area contributed by atoms with E-state index in [4.69, 9.17) is 14.4 Å². The van der Waals surface area contributed by atoms with Crippen molar-refractivity contribution in [3.8, 4) is 5.75 Å². The summed E-state index contributed by atoms with van der Waals surface area (Å²) in [6, 6.07) is 8.19. The molecule has 0 aliphatic carbocycles. The van der Waals surface area contributed by atoms with E-state index < -0.39 is 5.97 Å². The van der Waals surface area contributed by atoms with E-state index >= 15 is 0 Å². The Kier molecular flexibility index (Phi) is 4.73. The maximum absolute atomic E-state index is 10.7. The van der Waals surface area contributed by atoms with Gasteiger partial charge in [0.05, 0.1) is 11.3 Å². The summed E-state index contributed by atoms with van der Waals surface area (Å²) in [5.74, 6) is 0.492. The molecule has 1 heterocycles. The normalized spacial score (nSPS) is 10.4. The standard InChI is InChI=1S/C14H16N2O4/c1-10-8-12(16-20-10)9-15-6-7-19-13-4-2-11(3-5-13)14(17)18/h2-5,8,15H,6-7,9H2,1H3,(H,17,18). The van der Waals surface area contributed by atoms with Gasteiger partial charge in [0.2, 0.25) is 0 Å². The molecule has 0 atom stereocenters. The van der Waals surface area contributed by atoms with Crippen LogP contribution in [-0.4, -0.2) is 29.4 Å². The molecular formula is C14H16N2O4. The molecule has 1 aromatic carbocycles. The van der Waals surface area contributed by atoms with Crippen molar-refractivity contribution in [1.82, 2.24) is 10.5 Å². The first-order valence-electron chi connectivity index (χ1n) is 6.24. The highest BCUT2D eigenvalue weighted by molar-refractivity contribution is 5.87. The Labute approximate surface area is 116 Å². The quantitative estimate of drug-likeness (QED) is 0.751. The molecule has 2 N–H and O–H groups in total. The Bertz CT molecular complexity index is 563. The lowest BCUT2D eigenvalue weighted by Gasteiger charge is -2.06. The van der Waals surface area contributed by atoms with Crippen LogP contribution < -0.4 is 10.1 Å². The number of hydrogen-bond donors (Lipinski definition) is 2. The molecule has 20 heavy (non-hydrogen) atoms. The molecule has 1 aromatic heterocycles.